The molecule has 2 rings (SSSR count). The van der Waals surface area contributed by atoms with Gasteiger partial charge >= 0.3 is 0 Å². The van der Waals surface area contributed by atoms with Crippen molar-refractivity contribution in [3.8, 4) is 0 Å². The van der Waals surface area contributed by atoms with Crippen molar-refractivity contribution in [1.82, 2.24) is 5.32 Å². The average Bonchev–Trinajstić information content (AvgIpc) is 2.81. The van der Waals surface area contributed by atoms with Gasteiger partial charge in [0.05, 0.1) is 5.41 Å². The number of nitrogens with zero attached hydrogens (tertiary/aromatic N) is 1. The van der Waals surface area contributed by atoms with Gasteiger partial charge in [-0.15, -0.1) is 0 Å². The van der Waals surface area contributed by atoms with Crippen molar-refractivity contribution >= 4 is 33.8 Å². The van der Waals surface area contributed by atoms with E-state index in [2.05, 4.69) is 26.1 Å². The van der Waals surface area contributed by atoms with Crippen LogP contribution in [-0.2, 0) is 4.79 Å². The van der Waals surface area contributed by atoms with E-state index in [9.17, 15) is 9.59 Å². The molecule has 1 fully saturated rings. The Balaban J connectivity index is 2.26. The summed E-state index contributed by atoms with van der Waals surface area (Å²) in [4.78, 5) is 25.2. The standard InChI is InChI=1S/C14H17BrN2O2/c1-14(13(19)16-2)5-6-17(9-14)12-4-3-11(15)7-10(12)8-18/h3-4,7-8H,5-6,9H2,1-2H3,(H,16,19). The highest BCUT2D eigenvalue weighted by Gasteiger charge is 2.40. The Labute approximate surface area is 121 Å². The highest BCUT2D eigenvalue weighted by Crippen LogP contribution is 2.35. The van der Waals surface area contributed by atoms with Gasteiger partial charge in [0.15, 0.2) is 6.29 Å². The number of hydrogen-bond donors (Lipinski definition) is 1. The molecule has 1 aliphatic heterocycles. The van der Waals surface area contributed by atoms with E-state index in [0.29, 0.717) is 12.1 Å². The minimum absolute atomic E-state index is 0.0553. The zero-order valence-electron chi connectivity index (χ0n) is 11.1. The second-order valence-electron chi connectivity index (χ2n) is 5.13. The molecular formula is C14H17BrN2O2. The van der Waals surface area contributed by atoms with Gasteiger partial charge in [-0.3, -0.25) is 9.59 Å². The number of amides is 1. The zero-order chi connectivity index (χ0) is 14.0. The molecule has 0 saturated carbocycles. The van der Waals surface area contributed by atoms with Crippen LogP contribution in [0.3, 0.4) is 0 Å². The Bertz CT molecular complexity index is 518. The van der Waals surface area contributed by atoms with Crippen molar-refractivity contribution in [1.29, 1.82) is 0 Å². The molecule has 1 amide bonds. The SMILES string of the molecule is CNC(=O)C1(C)CCN(c2ccc(Br)cc2C=O)C1. The van der Waals surface area contributed by atoms with E-state index >= 15 is 0 Å². The van der Waals surface area contributed by atoms with Crippen LogP contribution in [0.4, 0.5) is 5.69 Å². The average molecular weight is 325 g/mol. The summed E-state index contributed by atoms with van der Waals surface area (Å²) in [5.74, 6) is 0.0553. The summed E-state index contributed by atoms with van der Waals surface area (Å²) in [5.41, 5.74) is 1.16. The molecule has 1 saturated heterocycles. The maximum atomic E-state index is 11.9. The number of benzene rings is 1. The molecule has 1 aliphatic rings. The monoisotopic (exact) mass is 324 g/mol. The van der Waals surface area contributed by atoms with Crippen molar-refractivity contribution in [2.24, 2.45) is 5.41 Å². The lowest BCUT2D eigenvalue weighted by Gasteiger charge is -2.24. The van der Waals surface area contributed by atoms with Crippen molar-refractivity contribution in [3.63, 3.8) is 0 Å². The molecule has 0 bridgehead atoms. The lowest BCUT2D eigenvalue weighted by Crippen LogP contribution is -2.39. The molecule has 0 aliphatic carbocycles. The van der Waals surface area contributed by atoms with E-state index in [-0.39, 0.29) is 11.3 Å². The molecule has 5 heteroatoms. The molecule has 0 radical (unpaired) electrons. The van der Waals surface area contributed by atoms with E-state index in [1.165, 1.54) is 0 Å². The van der Waals surface area contributed by atoms with E-state index < -0.39 is 0 Å². The summed E-state index contributed by atoms with van der Waals surface area (Å²) < 4.78 is 0.881. The van der Waals surface area contributed by atoms with Crippen LogP contribution in [-0.4, -0.2) is 32.3 Å². The van der Waals surface area contributed by atoms with Crippen LogP contribution < -0.4 is 10.2 Å². The minimum Gasteiger partial charge on any atom is -0.370 e. The Hall–Kier alpha value is -1.36. The Kier molecular flexibility index (Phi) is 3.94. The fourth-order valence-corrected chi connectivity index (χ4v) is 2.94. The third-order valence-corrected chi connectivity index (χ3v) is 4.20. The third-order valence-electron chi connectivity index (χ3n) is 3.71. The van der Waals surface area contributed by atoms with Crippen molar-refractivity contribution in [2.75, 3.05) is 25.0 Å². The van der Waals surface area contributed by atoms with Crippen molar-refractivity contribution < 1.29 is 9.59 Å². The molecular weight excluding hydrogens is 308 g/mol. The summed E-state index contributed by atoms with van der Waals surface area (Å²) in [6.45, 7) is 3.38. The smallest absolute Gasteiger partial charge is 0.227 e. The summed E-state index contributed by atoms with van der Waals surface area (Å²) in [7, 11) is 1.66. The largest absolute Gasteiger partial charge is 0.370 e. The van der Waals surface area contributed by atoms with Crippen LogP contribution in [0.25, 0.3) is 0 Å². The van der Waals surface area contributed by atoms with E-state index in [0.717, 1.165) is 29.4 Å². The minimum atomic E-state index is -0.387. The molecule has 102 valence electrons. The summed E-state index contributed by atoms with van der Waals surface area (Å²) in [6, 6.07) is 5.64. The zero-order valence-corrected chi connectivity index (χ0v) is 12.7. The molecule has 1 unspecified atom stereocenters. The number of nitrogens with one attached hydrogen (secondary N) is 1. The van der Waals surface area contributed by atoms with Crippen LogP contribution in [0.15, 0.2) is 22.7 Å². The van der Waals surface area contributed by atoms with Crippen molar-refractivity contribution in [3.05, 3.63) is 28.2 Å². The number of anilines is 1. The molecule has 0 aromatic heterocycles. The lowest BCUT2D eigenvalue weighted by molar-refractivity contribution is -0.128. The van der Waals surface area contributed by atoms with Gasteiger partial charge in [0.2, 0.25) is 5.91 Å². The first-order valence-electron chi connectivity index (χ1n) is 6.22. The van der Waals surface area contributed by atoms with Crippen LogP contribution in [0.1, 0.15) is 23.7 Å². The third kappa shape index (κ3) is 2.66. The predicted molar refractivity (Wildman–Crippen MR) is 78.5 cm³/mol. The first-order valence-corrected chi connectivity index (χ1v) is 7.01. The second kappa shape index (κ2) is 5.33. The summed E-state index contributed by atoms with van der Waals surface area (Å²) >= 11 is 3.36. The molecule has 4 nitrogen and oxygen atoms in total. The number of aldehydes is 1. The number of carbonyl (C=O) groups is 2. The number of hydrogen-bond acceptors (Lipinski definition) is 3. The Morgan fingerprint density at radius 2 is 2.26 bits per heavy atom. The summed E-state index contributed by atoms with van der Waals surface area (Å²) in [6.07, 6.45) is 1.65. The second-order valence-corrected chi connectivity index (χ2v) is 6.05. The molecule has 19 heavy (non-hydrogen) atoms. The maximum Gasteiger partial charge on any atom is 0.227 e. The normalized spacial score (nSPS) is 22.4. The number of rotatable bonds is 3. The van der Waals surface area contributed by atoms with E-state index in [1.54, 1.807) is 13.1 Å². The molecule has 1 aromatic carbocycles. The van der Waals surface area contributed by atoms with Gasteiger partial charge in [-0.2, -0.15) is 0 Å². The molecule has 1 atom stereocenters. The lowest BCUT2D eigenvalue weighted by atomic mass is 9.89. The molecule has 1 heterocycles. The topological polar surface area (TPSA) is 49.4 Å². The Morgan fingerprint density at radius 1 is 1.53 bits per heavy atom. The molecule has 1 N–H and O–H groups in total. The quantitative estimate of drug-likeness (QED) is 0.867. The van der Waals surface area contributed by atoms with Crippen LogP contribution in [0.5, 0.6) is 0 Å². The van der Waals surface area contributed by atoms with Gasteiger partial charge in [0, 0.05) is 35.9 Å². The van der Waals surface area contributed by atoms with Gasteiger partial charge in [0.1, 0.15) is 0 Å². The van der Waals surface area contributed by atoms with Gasteiger partial charge in [-0.05, 0) is 31.5 Å². The van der Waals surface area contributed by atoms with Gasteiger partial charge in [0.25, 0.3) is 0 Å². The van der Waals surface area contributed by atoms with E-state index in [1.807, 2.05) is 19.1 Å². The highest BCUT2D eigenvalue weighted by atomic mass is 79.9. The highest BCUT2D eigenvalue weighted by molar-refractivity contribution is 9.10. The summed E-state index contributed by atoms with van der Waals surface area (Å²) in [5, 5.41) is 2.71. The molecule has 1 aromatic rings. The van der Waals surface area contributed by atoms with Crippen LogP contribution in [0.2, 0.25) is 0 Å². The van der Waals surface area contributed by atoms with E-state index in [4.69, 9.17) is 0 Å². The van der Waals surface area contributed by atoms with Gasteiger partial charge in [-0.1, -0.05) is 15.9 Å². The fraction of sp³-hybridized carbons (Fsp3) is 0.429. The maximum absolute atomic E-state index is 11.9. The fourth-order valence-electron chi connectivity index (χ4n) is 2.56. The number of carbonyl (C=O) groups excluding carboxylic acids is 2. The van der Waals surface area contributed by atoms with Gasteiger partial charge in [-0.25, -0.2) is 0 Å². The van der Waals surface area contributed by atoms with Crippen LogP contribution >= 0.6 is 15.9 Å². The van der Waals surface area contributed by atoms with Crippen molar-refractivity contribution in [2.45, 2.75) is 13.3 Å². The number of halogens is 1. The van der Waals surface area contributed by atoms with Gasteiger partial charge < -0.3 is 10.2 Å². The predicted octanol–water partition coefficient (Wildman–Crippen LogP) is 2.22. The van der Waals surface area contributed by atoms with Crippen LogP contribution in [0, 0.1) is 5.41 Å². The molecule has 0 spiro atoms. The Morgan fingerprint density at radius 3 is 2.89 bits per heavy atom. The first-order chi connectivity index (χ1) is 9.00. The first kappa shape index (κ1) is 14.1.